The first-order chi connectivity index (χ1) is 10.7. The molecule has 0 spiro atoms. The summed E-state index contributed by atoms with van der Waals surface area (Å²) in [4.78, 5) is 4.40. The van der Waals surface area contributed by atoms with Crippen LogP contribution in [0.15, 0.2) is 83.9 Å². The molecule has 108 valence electrons. The molecule has 3 heteroatoms. The van der Waals surface area contributed by atoms with E-state index in [0.29, 0.717) is 10.2 Å². The molecule has 0 aliphatic heterocycles. The van der Waals surface area contributed by atoms with Crippen molar-refractivity contribution in [1.29, 1.82) is 0 Å². The summed E-state index contributed by atoms with van der Waals surface area (Å²) in [6.07, 6.45) is 0. The van der Waals surface area contributed by atoms with Gasteiger partial charge in [0.25, 0.3) is 0 Å². The molecule has 22 heavy (non-hydrogen) atoms. The summed E-state index contributed by atoms with van der Waals surface area (Å²) in [5.74, 6) is 0. The van der Waals surface area contributed by atoms with Crippen LogP contribution in [0.5, 0.6) is 0 Å². The molecule has 0 fully saturated rings. The fourth-order valence-corrected chi connectivity index (χ4v) is 2.47. The lowest BCUT2D eigenvalue weighted by Gasteiger charge is -2.04. The molecule has 1 nitrogen and oxygen atoms in total. The number of rotatable bonds is 3. The Bertz CT molecular complexity index is 776. The van der Waals surface area contributed by atoms with Gasteiger partial charge in [0.05, 0.1) is 5.69 Å². The van der Waals surface area contributed by atoms with Crippen molar-refractivity contribution in [2.24, 2.45) is 4.99 Å². The van der Waals surface area contributed by atoms with Gasteiger partial charge in [-0.05, 0) is 35.4 Å². The SMILES string of the molecule is Cl/C(=N\c1ccc(Cl)cc1)c1ccc(-c2ccccc2)cc1. The maximum absolute atomic E-state index is 6.30. The molecule has 0 saturated heterocycles. The van der Waals surface area contributed by atoms with Gasteiger partial charge in [-0.25, -0.2) is 4.99 Å². The Morgan fingerprint density at radius 2 is 1.27 bits per heavy atom. The Labute approximate surface area is 139 Å². The monoisotopic (exact) mass is 325 g/mol. The van der Waals surface area contributed by atoms with E-state index in [1.165, 1.54) is 5.56 Å². The fourth-order valence-electron chi connectivity index (χ4n) is 2.12. The van der Waals surface area contributed by atoms with Crippen LogP contribution < -0.4 is 0 Å². The van der Waals surface area contributed by atoms with Crippen molar-refractivity contribution < 1.29 is 0 Å². The zero-order valence-electron chi connectivity index (χ0n) is 11.7. The molecule has 0 aliphatic rings. The van der Waals surface area contributed by atoms with Gasteiger partial charge < -0.3 is 0 Å². The summed E-state index contributed by atoms with van der Waals surface area (Å²) >= 11 is 12.2. The van der Waals surface area contributed by atoms with Crippen LogP contribution in [-0.2, 0) is 0 Å². The predicted molar refractivity (Wildman–Crippen MR) is 95.4 cm³/mol. The van der Waals surface area contributed by atoms with E-state index in [4.69, 9.17) is 23.2 Å². The molecule has 3 aromatic rings. The third-order valence-electron chi connectivity index (χ3n) is 3.28. The van der Waals surface area contributed by atoms with E-state index in [1.54, 1.807) is 12.1 Å². The number of hydrogen-bond donors (Lipinski definition) is 0. The first-order valence-corrected chi connectivity index (χ1v) is 7.63. The second-order valence-corrected chi connectivity index (χ2v) is 5.62. The smallest absolute Gasteiger partial charge is 0.136 e. The lowest BCUT2D eigenvalue weighted by atomic mass is 10.0. The molecule has 0 amide bonds. The minimum atomic E-state index is 0.460. The van der Waals surface area contributed by atoms with Gasteiger partial charge in [0, 0.05) is 10.6 Å². The third kappa shape index (κ3) is 3.56. The van der Waals surface area contributed by atoms with Crippen molar-refractivity contribution in [3.8, 4) is 11.1 Å². The Hall–Kier alpha value is -2.09. The third-order valence-corrected chi connectivity index (χ3v) is 3.84. The van der Waals surface area contributed by atoms with Crippen LogP contribution in [0.3, 0.4) is 0 Å². The molecule has 3 rings (SSSR count). The largest absolute Gasteiger partial charge is 0.236 e. The highest BCUT2D eigenvalue weighted by molar-refractivity contribution is 6.69. The molecule has 0 heterocycles. The number of benzene rings is 3. The van der Waals surface area contributed by atoms with E-state index in [2.05, 4.69) is 17.1 Å². The van der Waals surface area contributed by atoms with Gasteiger partial charge in [0.2, 0.25) is 0 Å². The van der Waals surface area contributed by atoms with E-state index < -0.39 is 0 Å². The average molecular weight is 326 g/mol. The van der Waals surface area contributed by atoms with Crippen LogP contribution in [0.25, 0.3) is 11.1 Å². The molecule has 0 aromatic heterocycles. The Morgan fingerprint density at radius 3 is 1.91 bits per heavy atom. The van der Waals surface area contributed by atoms with Crippen LogP contribution >= 0.6 is 23.2 Å². The molecular formula is C19H13Cl2N. The highest BCUT2D eigenvalue weighted by Gasteiger charge is 2.02. The molecule has 0 N–H and O–H groups in total. The maximum atomic E-state index is 6.30. The summed E-state index contributed by atoms with van der Waals surface area (Å²) < 4.78 is 0. The fraction of sp³-hybridized carbons (Fsp3) is 0. The summed E-state index contributed by atoms with van der Waals surface area (Å²) in [7, 11) is 0. The van der Waals surface area contributed by atoms with Crippen molar-refractivity contribution >= 4 is 34.1 Å². The van der Waals surface area contributed by atoms with Crippen LogP contribution in [0.1, 0.15) is 5.56 Å². The molecule has 0 atom stereocenters. The Morgan fingerprint density at radius 1 is 0.682 bits per heavy atom. The van der Waals surface area contributed by atoms with Gasteiger partial charge in [-0.1, -0.05) is 77.8 Å². The van der Waals surface area contributed by atoms with E-state index in [0.717, 1.165) is 16.8 Å². The van der Waals surface area contributed by atoms with Gasteiger partial charge in [-0.2, -0.15) is 0 Å². The van der Waals surface area contributed by atoms with Crippen molar-refractivity contribution in [2.45, 2.75) is 0 Å². The second-order valence-electron chi connectivity index (χ2n) is 4.82. The van der Waals surface area contributed by atoms with Gasteiger partial charge in [0.1, 0.15) is 5.17 Å². The predicted octanol–water partition coefficient (Wildman–Crippen LogP) is 6.32. The zero-order valence-corrected chi connectivity index (χ0v) is 13.2. The van der Waals surface area contributed by atoms with E-state index >= 15 is 0 Å². The normalized spacial score (nSPS) is 11.5. The zero-order chi connectivity index (χ0) is 15.4. The second kappa shape index (κ2) is 6.78. The van der Waals surface area contributed by atoms with E-state index in [-0.39, 0.29) is 0 Å². The number of aliphatic imine (C=N–C) groups is 1. The van der Waals surface area contributed by atoms with Crippen LogP contribution in [0.2, 0.25) is 5.02 Å². The summed E-state index contributed by atoms with van der Waals surface area (Å²) in [6, 6.07) is 25.5. The molecule has 3 aromatic carbocycles. The maximum Gasteiger partial charge on any atom is 0.136 e. The summed E-state index contributed by atoms with van der Waals surface area (Å²) in [6.45, 7) is 0. The average Bonchev–Trinajstić information content (AvgIpc) is 2.58. The highest BCUT2D eigenvalue weighted by Crippen LogP contribution is 2.22. The lowest BCUT2D eigenvalue weighted by Crippen LogP contribution is -1.90. The van der Waals surface area contributed by atoms with Crippen molar-refractivity contribution in [1.82, 2.24) is 0 Å². The summed E-state index contributed by atoms with van der Waals surface area (Å²) in [5.41, 5.74) is 4.00. The molecule has 0 radical (unpaired) electrons. The molecule has 0 unspecified atom stereocenters. The Kier molecular flexibility index (Phi) is 4.57. The quantitative estimate of drug-likeness (QED) is 0.499. The van der Waals surface area contributed by atoms with Crippen molar-refractivity contribution in [3.63, 3.8) is 0 Å². The number of hydrogen-bond acceptors (Lipinski definition) is 1. The van der Waals surface area contributed by atoms with Gasteiger partial charge >= 0.3 is 0 Å². The van der Waals surface area contributed by atoms with Crippen molar-refractivity contribution in [2.75, 3.05) is 0 Å². The molecule has 0 aliphatic carbocycles. The minimum absolute atomic E-state index is 0.460. The van der Waals surface area contributed by atoms with Crippen LogP contribution in [-0.4, -0.2) is 5.17 Å². The first kappa shape index (κ1) is 14.8. The lowest BCUT2D eigenvalue weighted by molar-refractivity contribution is 1.51. The minimum Gasteiger partial charge on any atom is -0.236 e. The topological polar surface area (TPSA) is 12.4 Å². The van der Waals surface area contributed by atoms with Crippen molar-refractivity contribution in [3.05, 3.63) is 89.4 Å². The van der Waals surface area contributed by atoms with Crippen LogP contribution in [0.4, 0.5) is 5.69 Å². The van der Waals surface area contributed by atoms with Gasteiger partial charge in [-0.3, -0.25) is 0 Å². The van der Waals surface area contributed by atoms with Gasteiger partial charge in [0.15, 0.2) is 0 Å². The summed E-state index contributed by atoms with van der Waals surface area (Å²) in [5, 5.41) is 1.14. The highest BCUT2D eigenvalue weighted by atomic mass is 35.5. The first-order valence-electron chi connectivity index (χ1n) is 6.88. The standard InChI is InChI=1S/C19H13Cl2N/c20-17-10-12-18(13-11-17)22-19(21)16-8-6-15(7-9-16)14-4-2-1-3-5-14/h1-13H/b22-19-. The van der Waals surface area contributed by atoms with E-state index in [9.17, 15) is 0 Å². The molecule has 0 bridgehead atoms. The number of halogens is 2. The van der Waals surface area contributed by atoms with Crippen LogP contribution in [0, 0.1) is 0 Å². The van der Waals surface area contributed by atoms with E-state index in [1.807, 2.05) is 54.6 Å². The Balaban J connectivity index is 1.84. The molecule has 0 saturated carbocycles. The van der Waals surface area contributed by atoms with Gasteiger partial charge in [-0.15, -0.1) is 0 Å². The number of nitrogens with zero attached hydrogens (tertiary/aromatic N) is 1. The molecular weight excluding hydrogens is 313 g/mol.